The molecule has 3 heterocycles. The van der Waals surface area contributed by atoms with Gasteiger partial charge in [0, 0.05) is 24.6 Å². The molecule has 1 spiro atoms. The van der Waals surface area contributed by atoms with Crippen molar-refractivity contribution in [2.24, 2.45) is 22.7 Å². The standard InChI is InChI=1S/C29H43NO9/c1-7-8-13-30-14-9-10-18(30)20(32)38-21-26(35,16(2)3)23(6)25(34)15-22(5)24(33)12-11-17(4)19(31)28(24,39-25)29(23,37)27(21,22)36/h9-10,14,16-17,19,21,31,33-37H,7-8,11-13,15H2,1-6H3/t17-,19+,21+,22-,23-,24-,25-,26+,27+,28+,29+/m0/s1. The van der Waals surface area contributed by atoms with Crippen molar-refractivity contribution < 1.29 is 44.9 Å². The molecular formula is C29H43NO9. The van der Waals surface area contributed by atoms with E-state index in [2.05, 4.69) is 0 Å². The van der Waals surface area contributed by atoms with E-state index in [1.807, 2.05) is 6.92 Å². The molecule has 11 atom stereocenters. The van der Waals surface area contributed by atoms with Crippen LogP contribution in [0.25, 0.3) is 0 Å². The normalized spacial score (nSPS) is 54.9. The van der Waals surface area contributed by atoms with Crippen LogP contribution in [0, 0.1) is 22.7 Å². The highest BCUT2D eigenvalue weighted by atomic mass is 16.7. The van der Waals surface area contributed by atoms with Crippen molar-refractivity contribution in [2.75, 3.05) is 0 Å². The first-order valence-corrected chi connectivity index (χ1v) is 14.3. The van der Waals surface area contributed by atoms with Gasteiger partial charge in [-0.25, -0.2) is 4.79 Å². The van der Waals surface area contributed by atoms with Crippen molar-refractivity contribution >= 4 is 5.97 Å². The number of carbonyl (C=O) groups excluding carboxylic acids is 1. The van der Waals surface area contributed by atoms with Crippen LogP contribution in [-0.4, -0.2) is 87.2 Å². The molecule has 1 aromatic rings. The highest BCUT2D eigenvalue weighted by molar-refractivity contribution is 5.88. The monoisotopic (exact) mass is 549 g/mol. The van der Waals surface area contributed by atoms with E-state index in [9.17, 15) is 35.4 Å². The van der Waals surface area contributed by atoms with E-state index in [1.165, 1.54) is 13.8 Å². The smallest absolute Gasteiger partial charge is 0.355 e. The number of unbranched alkanes of at least 4 members (excludes halogenated alkanes) is 1. The molecule has 1 aromatic heterocycles. The van der Waals surface area contributed by atoms with Crippen LogP contribution < -0.4 is 0 Å². The summed E-state index contributed by atoms with van der Waals surface area (Å²) in [6.07, 6.45) is 0.338. The number of rotatable bonds is 6. The van der Waals surface area contributed by atoms with Crippen LogP contribution in [0.4, 0.5) is 0 Å². The van der Waals surface area contributed by atoms with E-state index >= 15 is 0 Å². The zero-order valence-electron chi connectivity index (χ0n) is 23.6. The van der Waals surface area contributed by atoms with E-state index in [0.29, 0.717) is 13.0 Å². The molecule has 0 radical (unpaired) electrons. The van der Waals surface area contributed by atoms with Crippen LogP contribution >= 0.6 is 0 Å². The zero-order chi connectivity index (χ0) is 28.8. The lowest BCUT2D eigenvalue weighted by Crippen LogP contribution is -2.75. The Labute approximate surface area is 228 Å². The number of aliphatic hydroxyl groups is 6. The maximum absolute atomic E-state index is 13.8. The average Bonchev–Trinajstić information content (AvgIpc) is 3.44. The Morgan fingerprint density at radius 1 is 1.21 bits per heavy atom. The molecule has 0 aromatic carbocycles. The van der Waals surface area contributed by atoms with Crippen LogP contribution in [0.5, 0.6) is 0 Å². The first kappa shape index (κ1) is 27.6. The molecule has 6 aliphatic rings. The molecule has 218 valence electrons. The summed E-state index contributed by atoms with van der Waals surface area (Å²) >= 11 is 0. The SMILES string of the molecule is CCCCn1cccc1C(=O)O[C@H]1[C@@]2(O)[C@@]3(C)C[C@]4(O)O[C@@]5([C@H](O)[C@@H](C)CC[C@]35O)[C@@]2(O)[C@]4(C)[C@@]1(O)C(C)C. The van der Waals surface area contributed by atoms with Crippen LogP contribution in [0.3, 0.4) is 0 Å². The van der Waals surface area contributed by atoms with Crippen LogP contribution in [-0.2, 0) is 16.0 Å². The highest BCUT2D eigenvalue weighted by Gasteiger charge is 3.10. The lowest BCUT2D eigenvalue weighted by atomic mass is 9.52. The van der Waals surface area contributed by atoms with E-state index in [4.69, 9.17) is 9.47 Å². The third-order valence-corrected chi connectivity index (χ3v) is 12.3. The van der Waals surface area contributed by atoms with Gasteiger partial charge in [-0.2, -0.15) is 0 Å². The van der Waals surface area contributed by atoms with Crippen molar-refractivity contribution in [1.82, 2.24) is 4.57 Å². The quantitative estimate of drug-likeness (QED) is 0.285. The second kappa shape index (κ2) is 7.45. The second-order valence-electron chi connectivity index (χ2n) is 13.8. The van der Waals surface area contributed by atoms with Gasteiger partial charge < -0.3 is 44.7 Å². The molecule has 2 aliphatic heterocycles. The summed E-state index contributed by atoms with van der Waals surface area (Å²) in [7, 11) is 0. The lowest BCUT2D eigenvalue weighted by molar-refractivity contribution is -0.390. The minimum Gasteiger partial charge on any atom is -0.451 e. The fourth-order valence-electron chi connectivity index (χ4n) is 10.2. The number of esters is 1. The molecule has 10 heteroatoms. The Bertz CT molecular complexity index is 1230. The summed E-state index contributed by atoms with van der Waals surface area (Å²) < 4.78 is 14.1. The second-order valence-corrected chi connectivity index (χ2v) is 13.8. The average molecular weight is 550 g/mol. The van der Waals surface area contributed by atoms with Gasteiger partial charge >= 0.3 is 5.97 Å². The van der Waals surface area contributed by atoms with Gasteiger partial charge in [0.05, 0.1) is 11.5 Å². The van der Waals surface area contributed by atoms with Crippen LogP contribution in [0.15, 0.2) is 18.3 Å². The summed E-state index contributed by atoms with van der Waals surface area (Å²) in [6.45, 7) is 10.6. The molecule has 6 fully saturated rings. The molecule has 0 amide bonds. The Morgan fingerprint density at radius 2 is 1.87 bits per heavy atom. The maximum Gasteiger partial charge on any atom is 0.355 e. The predicted molar refractivity (Wildman–Crippen MR) is 137 cm³/mol. The van der Waals surface area contributed by atoms with Gasteiger partial charge in [-0.3, -0.25) is 0 Å². The molecule has 4 aliphatic carbocycles. The van der Waals surface area contributed by atoms with Crippen molar-refractivity contribution in [3.63, 3.8) is 0 Å². The van der Waals surface area contributed by atoms with Crippen molar-refractivity contribution in [1.29, 1.82) is 0 Å². The minimum atomic E-state index is -2.59. The summed E-state index contributed by atoms with van der Waals surface area (Å²) in [6, 6.07) is 3.30. The predicted octanol–water partition coefficient (Wildman–Crippen LogP) is 1.09. The molecule has 4 saturated carbocycles. The Hall–Kier alpha value is -1.53. The number of ether oxygens (including phenoxy) is 2. The molecule has 10 nitrogen and oxygen atoms in total. The Kier molecular flexibility index (Phi) is 5.28. The van der Waals surface area contributed by atoms with E-state index in [0.717, 1.165) is 12.8 Å². The molecule has 39 heavy (non-hydrogen) atoms. The number of aryl methyl sites for hydroxylation is 1. The fraction of sp³-hybridized carbons (Fsp3) is 0.828. The number of hydrogen-bond donors (Lipinski definition) is 6. The first-order chi connectivity index (χ1) is 18.0. The summed E-state index contributed by atoms with van der Waals surface area (Å²) in [4.78, 5) is 13.8. The highest BCUT2D eigenvalue weighted by Crippen LogP contribution is 2.90. The third-order valence-electron chi connectivity index (χ3n) is 12.3. The van der Waals surface area contributed by atoms with Crippen LogP contribution in [0.2, 0.25) is 0 Å². The largest absolute Gasteiger partial charge is 0.451 e. The van der Waals surface area contributed by atoms with Gasteiger partial charge in [0.1, 0.15) is 28.1 Å². The topological polar surface area (TPSA) is 162 Å². The van der Waals surface area contributed by atoms with Gasteiger partial charge in [-0.1, -0.05) is 41.0 Å². The number of aromatic nitrogens is 1. The Balaban J connectivity index is 1.60. The zero-order valence-corrected chi connectivity index (χ0v) is 23.6. The van der Waals surface area contributed by atoms with Gasteiger partial charge in [0.25, 0.3) is 0 Å². The molecule has 6 N–H and O–H groups in total. The van der Waals surface area contributed by atoms with E-state index in [1.54, 1.807) is 43.7 Å². The fourth-order valence-corrected chi connectivity index (χ4v) is 10.2. The number of nitrogens with zero attached hydrogens (tertiary/aromatic N) is 1. The number of hydrogen-bond acceptors (Lipinski definition) is 9. The molecule has 2 saturated heterocycles. The molecular weight excluding hydrogens is 506 g/mol. The van der Waals surface area contributed by atoms with E-state index in [-0.39, 0.29) is 18.5 Å². The van der Waals surface area contributed by atoms with Crippen molar-refractivity contribution in [3.8, 4) is 0 Å². The molecule has 6 bridgehead atoms. The summed E-state index contributed by atoms with van der Waals surface area (Å²) in [5.74, 6) is -4.28. The number of carbonyl (C=O) groups is 1. The van der Waals surface area contributed by atoms with Crippen molar-refractivity contribution in [2.45, 2.75) is 126 Å². The van der Waals surface area contributed by atoms with Gasteiger partial charge in [-0.15, -0.1) is 0 Å². The van der Waals surface area contributed by atoms with E-state index < -0.39 is 74.6 Å². The summed E-state index contributed by atoms with van der Waals surface area (Å²) in [5, 5.41) is 74.9. The number of aliphatic hydroxyl groups excluding tert-OH is 1. The van der Waals surface area contributed by atoms with Crippen molar-refractivity contribution in [3.05, 3.63) is 24.0 Å². The molecule has 0 unspecified atom stereocenters. The molecule has 7 rings (SSSR count). The van der Waals surface area contributed by atoms with Gasteiger partial charge in [-0.05, 0) is 50.2 Å². The summed E-state index contributed by atoms with van der Waals surface area (Å²) in [5.41, 5.74) is -15.1. The minimum absolute atomic E-state index is 0.0686. The van der Waals surface area contributed by atoms with Gasteiger partial charge in [0.15, 0.2) is 17.5 Å². The lowest BCUT2D eigenvalue weighted by Gasteiger charge is -2.60. The first-order valence-electron chi connectivity index (χ1n) is 14.3. The van der Waals surface area contributed by atoms with Crippen LogP contribution in [0.1, 0.15) is 84.1 Å². The Morgan fingerprint density at radius 3 is 2.49 bits per heavy atom. The maximum atomic E-state index is 13.8. The van der Waals surface area contributed by atoms with Gasteiger partial charge in [0.2, 0.25) is 0 Å². The third kappa shape index (κ3) is 2.26.